The van der Waals surface area contributed by atoms with Gasteiger partial charge in [-0.1, -0.05) is 71.6 Å². The van der Waals surface area contributed by atoms with Crippen LogP contribution in [0.1, 0.15) is 78.1 Å². The van der Waals surface area contributed by atoms with Crippen LogP contribution >= 0.6 is 11.8 Å². The van der Waals surface area contributed by atoms with Gasteiger partial charge >= 0.3 is 0 Å². The third-order valence-corrected chi connectivity index (χ3v) is 4.59. The fourth-order valence-corrected chi connectivity index (χ4v) is 3.03. The lowest BCUT2D eigenvalue weighted by molar-refractivity contribution is -0.110. The Morgan fingerprint density at radius 1 is 0.889 bits per heavy atom. The van der Waals surface area contributed by atoms with Crippen LogP contribution in [0.2, 0.25) is 0 Å². The number of hydrogen-bond acceptors (Lipinski definition) is 2. The summed E-state index contributed by atoms with van der Waals surface area (Å²) in [5.41, 5.74) is 0. The maximum Gasteiger partial charge on any atom is 0.123 e. The largest absolute Gasteiger partial charge is 0.303 e. The van der Waals surface area contributed by atoms with E-state index < -0.39 is 0 Å². The van der Waals surface area contributed by atoms with E-state index in [0.29, 0.717) is 0 Å². The number of carbonyl (C=O) groups excluding carboxylic acids is 1. The Labute approximate surface area is 118 Å². The molecule has 0 saturated heterocycles. The molecule has 0 rings (SSSR count). The van der Waals surface area contributed by atoms with Crippen molar-refractivity contribution in [2.45, 2.75) is 78.1 Å². The molecular formula is C16H32OS. The van der Waals surface area contributed by atoms with Gasteiger partial charge in [0, 0.05) is 11.7 Å². The summed E-state index contributed by atoms with van der Waals surface area (Å²) in [6.45, 7) is 4.27. The number of unbranched alkanes of at least 4 members (excludes halogenated alkanes) is 9. The second-order valence-electron chi connectivity index (χ2n) is 5.37. The van der Waals surface area contributed by atoms with Gasteiger partial charge in [-0.25, -0.2) is 0 Å². The van der Waals surface area contributed by atoms with Gasteiger partial charge in [0.1, 0.15) is 6.29 Å². The second-order valence-corrected chi connectivity index (χ2v) is 6.52. The van der Waals surface area contributed by atoms with E-state index in [9.17, 15) is 4.79 Å². The molecule has 0 fully saturated rings. The van der Waals surface area contributed by atoms with E-state index in [0.717, 1.165) is 12.0 Å². The molecule has 1 atom stereocenters. The summed E-state index contributed by atoms with van der Waals surface area (Å²) >= 11 is 1.93. The molecule has 0 heterocycles. The Bertz CT molecular complexity index is 170. The van der Waals surface area contributed by atoms with Crippen LogP contribution in [0.15, 0.2) is 0 Å². The zero-order valence-electron chi connectivity index (χ0n) is 12.5. The van der Waals surface area contributed by atoms with Crippen LogP contribution in [0.4, 0.5) is 0 Å². The molecule has 108 valence electrons. The SMILES string of the molecule is CCCCCCCCCCCCSCC(C)C=O. The number of carbonyl (C=O) groups is 1. The Morgan fingerprint density at radius 2 is 1.39 bits per heavy atom. The van der Waals surface area contributed by atoms with Crippen molar-refractivity contribution in [1.29, 1.82) is 0 Å². The fraction of sp³-hybridized carbons (Fsp3) is 0.938. The van der Waals surface area contributed by atoms with Gasteiger partial charge in [-0.2, -0.15) is 11.8 Å². The van der Waals surface area contributed by atoms with Crippen molar-refractivity contribution in [3.05, 3.63) is 0 Å². The average Bonchev–Trinajstić information content (AvgIpc) is 2.39. The molecule has 0 aromatic heterocycles. The van der Waals surface area contributed by atoms with Gasteiger partial charge in [0.15, 0.2) is 0 Å². The molecule has 18 heavy (non-hydrogen) atoms. The number of thioether (sulfide) groups is 1. The molecule has 1 nitrogen and oxygen atoms in total. The van der Waals surface area contributed by atoms with Crippen LogP contribution < -0.4 is 0 Å². The van der Waals surface area contributed by atoms with Crippen molar-refractivity contribution in [3.8, 4) is 0 Å². The van der Waals surface area contributed by atoms with Gasteiger partial charge in [-0.3, -0.25) is 0 Å². The first-order chi connectivity index (χ1) is 8.81. The van der Waals surface area contributed by atoms with Gasteiger partial charge in [0.2, 0.25) is 0 Å². The molecule has 0 aliphatic carbocycles. The molecule has 0 aromatic carbocycles. The summed E-state index contributed by atoms with van der Waals surface area (Å²) in [7, 11) is 0. The molecule has 0 aromatic rings. The van der Waals surface area contributed by atoms with E-state index in [4.69, 9.17) is 0 Å². The van der Waals surface area contributed by atoms with Crippen molar-refractivity contribution in [3.63, 3.8) is 0 Å². The predicted octanol–water partition coefficient (Wildman–Crippen LogP) is 5.48. The van der Waals surface area contributed by atoms with Crippen LogP contribution in [0, 0.1) is 5.92 Å². The topological polar surface area (TPSA) is 17.1 Å². The van der Waals surface area contributed by atoms with E-state index in [2.05, 4.69) is 6.92 Å². The second kappa shape index (κ2) is 15.1. The molecule has 0 spiro atoms. The molecule has 0 bridgehead atoms. The maximum atomic E-state index is 10.4. The summed E-state index contributed by atoms with van der Waals surface area (Å²) < 4.78 is 0. The standard InChI is InChI=1S/C16H32OS/c1-3-4-5-6-7-8-9-10-11-12-13-18-15-16(2)14-17/h14,16H,3-13,15H2,1-2H3. The Kier molecular flexibility index (Phi) is 15.1. The minimum absolute atomic E-state index is 0.234. The molecule has 1 unspecified atom stereocenters. The molecule has 0 N–H and O–H groups in total. The van der Waals surface area contributed by atoms with E-state index in [-0.39, 0.29) is 5.92 Å². The van der Waals surface area contributed by atoms with Crippen LogP contribution in [0.5, 0.6) is 0 Å². The summed E-state index contributed by atoms with van der Waals surface area (Å²) in [5.74, 6) is 2.47. The summed E-state index contributed by atoms with van der Waals surface area (Å²) in [4.78, 5) is 10.4. The number of hydrogen-bond donors (Lipinski definition) is 0. The van der Waals surface area contributed by atoms with E-state index in [1.165, 1.54) is 70.0 Å². The van der Waals surface area contributed by atoms with E-state index >= 15 is 0 Å². The Balaban J connectivity index is 2.96. The summed E-state index contributed by atoms with van der Waals surface area (Å²) in [6.07, 6.45) is 15.1. The maximum absolute atomic E-state index is 10.4. The van der Waals surface area contributed by atoms with Gasteiger partial charge in [-0.15, -0.1) is 0 Å². The first-order valence-corrected chi connectivity index (χ1v) is 8.99. The number of rotatable bonds is 14. The first kappa shape index (κ1) is 18.0. The van der Waals surface area contributed by atoms with Crippen molar-refractivity contribution in [1.82, 2.24) is 0 Å². The predicted molar refractivity (Wildman–Crippen MR) is 84.4 cm³/mol. The Hall–Kier alpha value is 0.0200. The lowest BCUT2D eigenvalue weighted by atomic mass is 10.1. The molecule has 0 aliphatic heterocycles. The van der Waals surface area contributed by atoms with E-state index in [1.807, 2.05) is 18.7 Å². The normalized spacial score (nSPS) is 12.6. The van der Waals surface area contributed by atoms with Crippen LogP contribution in [-0.2, 0) is 4.79 Å². The van der Waals surface area contributed by atoms with Crippen molar-refractivity contribution >= 4 is 18.0 Å². The van der Waals surface area contributed by atoms with Gasteiger partial charge in [0.05, 0.1) is 0 Å². The number of aldehydes is 1. The third-order valence-electron chi connectivity index (χ3n) is 3.26. The average molecular weight is 272 g/mol. The lowest BCUT2D eigenvalue weighted by Crippen LogP contribution is -1.99. The molecule has 0 saturated carbocycles. The van der Waals surface area contributed by atoms with Crippen LogP contribution in [0.3, 0.4) is 0 Å². The van der Waals surface area contributed by atoms with E-state index in [1.54, 1.807) is 0 Å². The highest BCUT2D eigenvalue weighted by Gasteiger charge is 1.98. The zero-order chi connectivity index (χ0) is 13.5. The quantitative estimate of drug-likeness (QED) is 0.308. The third kappa shape index (κ3) is 14.1. The highest BCUT2D eigenvalue weighted by atomic mass is 32.2. The van der Waals surface area contributed by atoms with Gasteiger partial charge < -0.3 is 4.79 Å². The minimum Gasteiger partial charge on any atom is -0.303 e. The molecule has 0 amide bonds. The van der Waals surface area contributed by atoms with Crippen LogP contribution in [-0.4, -0.2) is 17.8 Å². The van der Waals surface area contributed by atoms with Crippen molar-refractivity contribution in [2.75, 3.05) is 11.5 Å². The smallest absolute Gasteiger partial charge is 0.123 e. The first-order valence-electron chi connectivity index (χ1n) is 7.84. The fourth-order valence-electron chi connectivity index (χ4n) is 2.00. The zero-order valence-corrected chi connectivity index (χ0v) is 13.3. The van der Waals surface area contributed by atoms with Crippen molar-refractivity contribution < 1.29 is 4.79 Å². The van der Waals surface area contributed by atoms with Gasteiger partial charge in [-0.05, 0) is 12.2 Å². The molecule has 2 heteroatoms. The molecule has 0 aliphatic rings. The van der Waals surface area contributed by atoms with Gasteiger partial charge in [0.25, 0.3) is 0 Å². The summed E-state index contributed by atoms with van der Waals surface area (Å²) in [6, 6.07) is 0. The molecule has 0 radical (unpaired) electrons. The van der Waals surface area contributed by atoms with Crippen molar-refractivity contribution in [2.24, 2.45) is 5.92 Å². The highest BCUT2D eigenvalue weighted by molar-refractivity contribution is 7.99. The summed E-state index contributed by atoms with van der Waals surface area (Å²) in [5, 5.41) is 0. The molecular weight excluding hydrogens is 240 g/mol. The monoisotopic (exact) mass is 272 g/mol. The van der Waals surface area contributed by atoms with Crippen LogP contribution in [0.25, 0.3) is 0 Å². The minimum atomic E-state index is 0.234. The Morgan fingerprint density at radius 3 is 1.89 bits per heavy atom. The highest BCUT2D eigenvalue weighted by Crippen LogP contribution is 2.13. The lowest BCUT2D eigenvalue weighted by Gasteiger charge is -2.04.